The van der Waals surface area contributed by atoms with Gasteiger partial charge in [-0.05, 0) is 63.1 Å². The summed E-state index contributed by atoms with van der Waals surface area (Å²) in [7, 11) is 0. The molecule has 1 N–H and O–H groups in total. The SMILES string of the molecule is CCC(C#Cc1cccc(Cl)c1)N1CCN(C(=O)OC(C)C)CC1.CCC(C#Cc1cccc(Cl)c1)N1CCNCC1. The van der Waals surface area contributed by atoms with Crippen molar-refractivity contribution >= 4 is 29.3 Å². The van der Waals surface area contributed by atoms with Gasteiger partial charge in [-0.3, -0.25) is 9.80 Å². The Morgan fingerprint density at radius 3 is 1.71 bits per heavy atom. The van der Waals surface area contributed by atoms with Gasteiger partial charge in [0.2, 0.25) is 0 Å². The molecule has 0 aliphatic carbocycles. The number of hydrogen-bond acceptors (Lipinski definition) is 5. The van der Waals surface area contributed by atoms with Crippen molar-refractivity contribution in [2.24, 2.45) is 0 Å². The fourth-order valence-electron chi connectivity index (χ4n) is 4.85. The summed E-state index contributed by atoms with van der Waals surface area (Å²) < 4.78 is 5.26. The molecule has 6 nitrogen and oxygen atoms in total. The molecule has 4 rings (SSSR count). The van der Waals surface area contributed by atoms with E-state index in [0.717, 1.165) is 68.3 Å². The van der Waals surface area contributed by atoms with Gasteiger partial charge < -0.3 is 15.0 Å². The average Bonchev–Trinajstić information content (AvgIpc) is 2.99. The molecule has 8 heteroatoms. The molecule has 2 saturated heterocycles. The van der Waals surface area contributed by atoms with Gasteiger partial charge in [0.05, 0.1) is 18.2 Å². The number of rotatable bonds is 5. The number of carbonyl (C=O) groups excluding carboxylic acids is 1. The molecule has 2 unspecified atom stereocenters. The van der Waals surface area contributed by atoms with E-state index in [1.807, 2.05) is 62.4 Å². The van der Waals surface area contributed by atoms with Gasteiger partial charge in [-0.1, -0.05) is 72.9 Å². The maximum absolute atomic E-state index is 11.9. The van der Waals surface area contributed by atoms with Crippen LogP contribution in [-0.4, -0.2) is 91.3 Å². The minimum absolute atomic E-state index is 0.0810. The molecule has 2 aromatic rings. The summed E-state index contributed by atoms with van der Waals surface area (Å²) in [5.41, 5.74) is 1.93. The van der Waals surface area contributed by atoms with Crippen molar-refractivity contribution in [1.82, 2.24) is 20.0 Å². The number of ether oxygens (including phenoxy) is 1. The van der Waals surface area contributed by atoms with Gasteiger partial charge in [-0.15, -0.1) is 0 Å². The Labute approximate surface area is 262 Å². The first kappa shape index (κ1) is 33.8. The first-order valence-corrected chi connectivity index (χ1v) is 15.7. The lowest BCUT2D eigenvalue weighted by atomic mass is 10.1. The van der Waals surface area contributed by atoms with E-state index in [-0.39, 0.29) is 18.2 Å². The van der Waals surface area contributed by atoms with E-state index in [9.17, 15) is 4.79 Å². The van der Waals surface area contributed by atoms with Crippen molar-refractivity contribution in [3.63, 3.8) is 0 Å². The molecule has 2 heterocycles. The smallest absolute Gasteiger partial charge is 0.410 e. The largest absolute Gasteiger partial charge is 0.447 e. The molecule has 1 amide bonds. The number of amides is 1. The summed E-state index contributed by atoms with van der Waals surface area (Å²) >= 11 is 12.0. The molecule has 42 heavy (non-hydrogen) atoms. The highest BCUT2D eigenvalue weighted by molar-refractivity contribution is 6.30. The van der Waals surface area contributed by atoms with Crippen LogP contribution in [0.5, 0.6) is 0 Å². The van der Waals surface area contributed by atoms with E-state index in [1.54, 1.807) is 4.90 Å². The standard InChI is InChI=1S/C19H25ClN2O2.C15H19ClN2/c1-4-18(9-8-16-6-5-7-17(20)14-16)21-10-12-22(13-11-21)19(23)24-15(2)3;1-2-15(18-10-8-17-9-11-18)7-6-13-4-3-5-14(16)12-13/h5-7,14-15,18H,4,10-13H2,1-3H3;3-5,12,15,17H,2,8-11H2,1H3. The molecule has 2 aliphatic rings. The van der Waals surface area contributed by atoms with E-state index in [0.29, 0.717) is 24.2 Å². The van der Waals surface area contributed by atoms with Gasteiger partial charge in [0.15, 0.2) is 0 Å². The van der Waals surface area contributed by atoms with Crippen molar-refractivity contribution in [2.45, 2.75) is 58.7 Å². The molecule has 0 saturated carbocycles. The maximum atomic E-state index is 11.9. The first-order chi connectivity index (χ1) is 20.3. The van der Waals surface area contributed by atoms with E-state index >= 15 is 0 Å². The van der Waals surface area contributed by atoms with E-state index < -0.39 is 0 Å². The number of halogens is 2. The van der Waals surface area contributed by atoms with Crippen LogP contribution in [0.4, 0.5) is 4.79 Å². The third kappa shape index (κ3) is 11.5. The van der Waals surface area contributed by atoms with Crippen molar-refractivity contribution in [3.8, 4) is 23.7 Å². The lowest BCUT2D eigenvalue weighted by Crippen LogP contribution is -2.52. The van der Waals surface area contributed by atoms with E-state index in [1.165, 1.54) is 0 Å². The molecule has 0 aromatic heterocycles. The lowest BCUT2D eigenvalue weighted by Gasteiger charge is -2.37. The fourth-order valence-corrected chi connectivity index (χ4v) is 5.24. The first-order valence-electron chi connectivity index (χ1n) is 15.0. The predicted octanol–water partition coefficient (Wildman–Crippen LogP) is 6.01. The minimum atomic E-state index is -0.220. The van der Waals surface area contributed by atoms with Crippen LogP contribution in [0.1, 0.15) is 51.7 Å². The molecule has 2 fully saturated rings. The lowest BCUT2D eigenvalue weighted by molar-refractivity contribution is 0.0528. The fraction of sp³-hybridized carbons (Fsp3) is 0.500. The van der Waals surface area contributed by atoms with Crippen LogP contribution < -0.4 is 5.32 Å². The Hall–Kier alpha value is -2.71. The number of benzene rings is 2. The normalized spacial score (nSPS) is 17.1. The highest BCUT2D eigenvalue weighted by atomic mass is 35.5. The molecule has 2 aromatic carbocycles. The van der Waals surface area contributed by atoms with E-state index in [4.69, 9.17) is 27.9 Å². The monoisotopic (exact) mass is 610 g/mol. The third-order valence-electron chi connectivity index (χ3n) is 7.13. The third-order valence-corrected chi connectivity index (χ3v) is 7.60. The quantitative estimate of drug-likeness (QED) is 0.420. The second kappa shape index (κ2) is 18.1. The van der Waals surface area contributed by atoms with E-state index in [2.05, 4.69) is 52.6 Å². The summed E-state index contributed by atoms with van der Waals surface area (Å²) in [5, 5.41) is 4.82. The van der Waals surface area contributed by atoms with Crippen LogP contribution in [0.2, 0.25) is 10.0 Å². The van der Waals surface area contributed by atoms with Crippen LogP contribution in [-0.2, 0) is 4.74 Å². The Kier molecular flexibility index (Phi) is 14.5. The maximum Gasteiger partial charge on any atom is 0.410 e. The van der Waals surface area contributed by atoms with Crippen LogP contribution in [0.15, 0.2) is 48.5 Å². The zero-order valence-electron chi connectivity index (χ0n) is 25.3. The topological polar surface area (TPSA) is 48.1 Å². The van der Waals surface area contributed by atoms with Crippen LogP contribution in [0.25, 0.3) is 0 Å². The number of hydrogen-bond donors (Lipinski definition) is 1. The minimum Gasteiger partial charge on any atom is -0.447 e. The second-order valence-electron chi connectivity index (χ2n) is 10.6. The summed E-state index contributed by atoms with van der Waals surface area (Å²) in [4.78, 5) is 18.5. The Bertz CT molecular complexity index is 1250. The van der Waals surface area contributed by atoms with Gasteiger partial charge in [-0.25, -0.2) is 4.79 Å². The summed E-state index contributed by atoms with van der Waals surface area (Å²) in [6.07, 6.45) is 1.71. The summed E-state index contributed by atoms with van der Waals surface area (Å²) in [6.45, 7) is 15.4. The number of nitrogens with zero attached hydrogens (tertiary/aromatic N) is 3. The van der Waals surface area contributed by atoms with Crippen molar-refractivity contribution in [3.05, 3.63) is 69.7 Å². The van der Waals surface area contributed by atoms with Crippen LogP contribution in [0.3, 0.4) is 0 Å². The highest BCUT2D eigenvalue weighted by Gasteiger charge is 2.25. The van der Waals surface area contributed by atoms with Crippen LogP contribution >= 0.6 is 23.2 Å². The predicted molar refractivity (Wildman–Crippen MR) is 174 cm³/mol. The molecule has 0 radical (unpaired) electrons. The Morgan fingerprint density at radius 1 is 0.810 bits per heavy atom. The molecule has 226 valence electrons. The Morgan fingerprint density at radius 2 is 1.29 bits per heavy atom. The average molecular weight is 612 g/mol. The van der Waals surface area contributed by atoms with Gasteiger partial charge in [0.1, 0.15) is 0 Å². The van der Waals surface area contributed by atoms with Crippen molar-refractivity contribution < 1.29 is 9.53 Å². The molecular formula is C34H44Cl2N4O2. The number of carbonyl (C=O) groups is 1. The molecule has 0 spiro atoms. The van der Waals surface area contributed by atoms with Gasteiger partial charge in [0, 0.05) is 73.5 Å². The number of piperazine rings is 2. The van der Waals surface area contributed by atoms with Crippen molar-refractivity contribution in [2.75, 3.05) is 52.4 Å². The molecule has 0 bridgehead atoms. The molecular weight excluding hydrogens is 567 g/mol. The summed E-state index contributed by atoms with van der Waals surface area (Å²) in [5.74, 6) is 13.2. The second-order valence-corrected chi connectivity index (χ2v) is 11.5. The highest BCUT2D eigenvalue weighted by Crippen LogP contribution is 2.13. The zero-order valence-corrected chi connectivity index (χ0v) is 26.8. The van der Waals surface area contributed by atoms with Gasteiger partial charge in [-0.2, -0.15) is 0 Å². The number of nitrogens with one attached hydrogen (secondary N) is 1. The van der Waals surface area contributed by atoms with Crippen molar-refractivity contribution in [1.29, 1.82) is 0 Å². The Balaban J connectivity index is 0.000000240. The van der Waals surface area contributed by atoms with Gasteiger partial charge in [0.25, 0.3) is 0 Å². The molecule has 2 aliphatic heterocycles. The zero-order chi connectivity index (χ0) is 30.3. The molecule has 2 atom stereocenters. The van der Waals surface area contributed by atoms with Crippen LogP contribution in [0, 0.1) is 23.7 Å². The summed E-state index contributed by atoms with van der Waals surface area (Å²) in [6, 6.07) is 15.9. The van der Waals surface area contributed by atoms with Gasteiger partial charge >= 0.3 is 6.09 Å².